The number of piperidine rings is 1. The average molecular weight is 585 g/mol. The van der Waals surface area contributed by atoms with E-state index in [1.54, 1.807) is 42.6 Å². The zero-order valence-electron chi connectivity index (χ0n) is 23.3. The van der Waals surface area contributed by atoms with Gasteiger partial charge in [-0.15, -0.1) is 0 Å². The number of ether oxygens (including phenoxy) is 1. The molecule has 4 aromatic rings. The van der Waals surface area contributed by atoms with Crippen molar-refractivity contribution in [2.45, 2.75) is 31.8 Å². The van der Waals surface area contributed by atoms with Gasteiger partial charge in [-0.2, -0.15) is 0 Å². The predicted molar refractivity (Wildman–Crippen MR) is 162 cm³/mol. The molecule has 2 aliphatic rings. The molecule has 0 bridgehead atoms. The number of hydrogen-bond acceptors (Lipinski definition) is 7. The van der Waals surface area contributed by atoms with Gasteiger partial charge in [-0.05, 0) is 68.3 Å². The number of fused-ring (bicyclic) bond motifs is 3. The van der Waals surface area contributed by atoms with Crippen molar-refractivity contribution in [1.82, 2.24) is 14.9 Å². The van der Waals surface area contributed by atoms with Crippen molar-refractivity contribution in [3.8, 4) is 17.0 Å². The van der Waals surface area contributed by atoms with Gasteiger partial charge in [0, 0.05) is 57.8 Å². The van der Waals surface area contributed by atoms with Crippen LogP contribution in [0.25, 0.3) is 11.3 Å². The van der Waals surface area contributed by atoms with E-state index in [4.69, 9.17) is 32.0 Å². The molecule has 214 valence electrons. The van der Waals surface area contributed by atoms with E-state index < -0.39 is 5.82 Å². The van der Waals surface area contributed by atoms with Crippen LogP contribution in [0, 0.1) is 5.82 Å². The Kier molecular flexibility index (Phi) is 7.38. The number of hydrogen-bond donors (Lipinski definition) is 2. The van der Waals surface area contributed by atoms with Crippen LogP contribution in [0.5, 0.6) is 5.75 Å². The minimum Gasteiger partial charge on any atom is -0.496 e. The third kappa shape index (κ3) is 5.45. The van der Waals surface area contributed by atoms with Crippen LogP contribution in [0.1, 0.15) is 46.8 Å². The van der Waals surface area contributed by atoms with Crippen LogP contribution in [0.15, 0.2) is 71.9 Å². The molecule has 3 aromatic carbocycles. The van der Waals surface area contributed by atoms with Gasteiger partial charge in [-0.3, -0.25) is 9.79 Å². The summed E-state index contributed by atoms with van der Waals surface area (Å²) in [5, 5.41) is 3.72. The van der Waals surface area contributed by atoms with Crippen LogP contribution in [-0.2, 0) is 6.54 Å². The Balaban J connectivity index is 1.29. The third-order valence-corrected chi connectivity index (χ3v) is 7.83. The number of nitrogens with one attached hydrogen (secondary N) is 1. The number of amides is 1. The molecule has 0 aliphatic carbocycles. The zero-order chi connectivity index (χ0) is 29.4. The lowest BCUT2D eigenvalue weighted by atomic mass is 9.92. The smallest absolute Gasteiger partial charge is 0.253 e. The molecule has 2 aliphatic heterocycles. The number of benzene rings is 3. The summed E-state index contributed by atoms with van der Waals surface area (Å²) in [5.74, 6) is 0.267. The quantitative estimate of drug-likeness (QED) is 0.298. The molecule has 10 heteroatoms. The van der Waals surface area contributed by atoms with Crippen LogP contribution in [0.3, 0.4) is 0 Å². The van der Waals surface area contributed by atoms with Crippen LogP contribution in [0.4, 0.5) is 16.0 Å². The number of likely N-dealkylation sites (tertiary alicyclic amines) is 1. The van der Waals surface area contributed by atoms with Gasteiger partial charge in [0.25, 0.3) is 5.91 Å². The number of aliphatic imine (C=N–C) groups is 1. The second-order valence-electron chi connectivity index (χ2n) is 10.9. The lowest BCUT2D eigenvalue weighted by Gasteiger charge is -2.37. The largest absolute Gasteiger partial charge is 0.496 e. The summed E-state index contributed by atoms with van der Waals surface area (Å²) in [5.41, 5.74) is 10.8. The van der Waals surface area contributed by atoms with Crippen molar-refractivity contribution in [2.75, 3.05) is 25.5 Å². The molecular formula is C32H30ClFN6O2. The van der Waals surface area contributed by atoms with E-state index in [2.05, 4.69) is 10.3 Å². The number of methoxy groups -OCH3 is 1. The van der Waals surface area contributed by atoms with Gasteiger partial charge in [-0.1, -0.05) is 23.7 Å². The number of anilines is 2. The first-order valence-corrected chi connectivity index (χ1v) is 14.1. The van der Waals surface area contributed by atoms with Gasteiger partial charge in [0.15, 0.2) is 0 Å². The van der Waals surface area contributed by atoms with E-state index in [0.717, 1.165) is 29.7 Å². The molecule has 3 N–H and O–H groups in total. The Morgan fingerprint density at radius 3 is 2.71 bits per heavy atom. The fourth-order valence-corrected chi connectivity index (χ4v) is 5.72. The Morgan fingerprint density at radius 1 is 1.14 bits per heavy atom. The standard InChI is InChI=1S/C32H30ClFN6O2/c1-32(35)13-4-14-40(18-32)30(41)19-7-10-22(11-8-19)38-31-37-17-20-16-36-29(27-25(34)5-3-6-26(27)42-2)24-15-21(33)9-12-23(24)28(20)39-31/h3,5-12,15,17H,4,13-14,16,18,35H2,1-2H3,(H,37,38,39). The maximum Gasteiger partial charge on any atom is 0.253 e. The first kappa shape index (κ1) is 27.8. The fraction of sp³-hybridized carbons (Fsp3) is 0.250. The highest BCUT2D eigenvalue weighted by molar-refractivity contribution is 6.31. The number of aromatic nitrogens is 2. The molecule has 0 spiro atoms. The topological polar surface area (TPSA) is 106 Å². The summed E-state index contributed by atoms with van der Waals surface area (Å²) in [6.07, 6.45) is 3.51. The zero-order valence-corrected chi connectivity index (χ0v) is 24.1. The van der Waals surface area contributed by atoms with E-state index in [1.165, 1.54) is 13.2 Å². The normalized spacial score (nSPS) is 17.9. The number of halogens is 2. The fourth-order valence-electron chi connectivity index (χ4n) is 5.55. The van der Waals surface area contributed by atoms with E-state index in [1.807, 2.05) is 30.0 Å². The highest BCUT2D eigenvalue weighted by Gasteiger charge is 2.30. The van der Waals surface area contributed by atoms with Crippen molar-refractivity contribution in [3.63, 3.8) is 0 Å². The lowest BCUT2D eigenvalue weighted by Crippen LogP contribution is -2.53. The molecule has 1 unspecified atom stereocenters. The lowest BCUT2D eigenvalue weighted by molar-refractivity contribution is 0.0657. The molecule has 0 saturated carbocycles. The molecule has 0 radical (unpaired) electrons. The molecule has 1 aromatic heterocycles. The molecule has 1 atom stereocenters. The molecule has 8 nitrogen and oxygen atoms in total. The van der Waals surface area contributed by atoms with Crippen molar-refractivity contribution >= 4 is 34.9 Å². The van der Waals surface area contributed by atoms with Gasteiger partial charge in [0.2, 0.25) is 5.95 Å². The predicted octanol–water partition coefficient (Wildman–Crippen LogP) is 5.99. The Morgan fingerprint density at radius 2 is 1.95 bits per heavy atom. The van der Waals surface area contributed by atoms with Crippen molar-refractivity contribution in [1.29, 1.82) is 0 Å². The Hall–Kier alpha value is -4.34. The summed E-state index contributed by atoms with van der Waals surface area (Å²) >= 11 is 6.40. The maximum absolute atomic E-state index is 15.1. The van der Waals surface area contributed by atoms with E-state index >= 15 is 4.39 Å². The summed E-state index contributed by atoms with van der Waals surface area (Å²) in [7, 11) is 1.50. The number of carbonyl (C=O) groups excluding carboxylic acids is 1. The summed E-state index contributed by atoms with van der Waals surface area (Å²) < 4.78 is 20.6. The SMILES string of the molecule is COc1cccc(F)c1C1=NCc2cnc(Nc3ccc(C(=O)N4CCCC(C)(N)C4)cc3)nc2-c2ccc(Cl)cc21. The summed E-state index contributed by atoms with van der Waals surface area (Å²) in [6.45, 7) is 3.47. The summed E-state index contributed by atoms with van der Waals surface area (Å²) in [4.78, 5) is 29.0. The number of carbonyl (C=O) groups is 1. The second kappa shape index (κ2) is 11.2. The highest BCUT2D eigenvalue weighted by atomic mass is 35.5. The maximum atomic E-state index is 15.1. The van der Waals surface area contributed by atoms with Crippen LogP contribution >= 0.6 is 11.6 Å². The minimum atomic E-state index is -0.447. The molecule has 3 heterocycles. The monoisotopic (exact) mass is 584 g/mol. The second-order valence-corrected chi connectivity index (χ2v) is 11.4. The van der Waals surface area contributed by atoms with Crippen LogP contribution in [-0.4, -0.2) is 52.2 Å². The molecule has 6 rings (SSSR count). The third-order valence-electron chi connectivity index (χ3n) is 7.60. The van der Waals surface area contributed by atoms with Crippen LogP contribution in [0.2, 0.25) is 5.02 Å². The Bertz CT molecular complexity index is 1710. The molecule has 1 fully saturated rings. The van der Waals surface area contributed by atoms with Crippen molar-refractivity contribution < 1.29 is 13.9 Å². The van der Waals surface area contributed by atoms with Gasteiger partial charge in [-0.25, -0.2) is 14.4 Å². The molecule has 1 amide bonds. The average Bonchev–Trinajstić information content (AvgIpc) is 3.13. The first-order chi connectivity index (χ1) is 20.2. The Labute approximate surface area is 248 Å². The van der Waals surface area contributed by atoms with Gasteiger partial charge in [0.05, 0.1) is 30.6 Å². The van der Waals surface area contributed by atoms with Crippen molar-refractivity contribution in [3.05, 3.63) is 100.0 Å². The first-order valence-electron chi connectivity index (χ1n) is 13.7. The molecule has 1 saturated heterocycles. The van der Waals surface area contributed by atoms with E-state index in [-0.39, 0.29) is 23.6 Å². The number of rotatable bonds is 5. The van der Waals surface area contributed by atoms with E-state index in [0.29, 0.717) is 52.3 Å². The van der Waals surface area contributed by atoms with Crippen molar-refractivity contribution in [2.24, 2.45) is 10.7 Å². The minimum absolute atomic E-state index is 0.0308. The molecular weight excluding hydrogens is 555 g/mol. The van der Waals surface area contributed by atoms with Gasteiger partial charge < -0.3 is 20.7 Å². The highest BCUT2D eigenvalue weighted by Crippen LogP contribution is 2.36. The van der Waals surface area contributed by atoms with E-state index in [9.17, 15) is 4.79 Å². The van der Waals surface area contributed by atoms with Gasteiger partial charge >= 0.3 is 0 Å². The number of nitrogens with two attached hydrogens (primary N) is 1. The van der Waals surface area contributed by atoms with Crippen LogP contribution < -0.4 is 15.8 Å². The molecule has 42 heavy (non-hydrogen) atoms. The number of nitrogens with zero attached hydrogens (tertiary/aromatic N) is 4. The van der Waals surface area contributed by atoms with Gasteiger partial charge in [0.1, 0.15) is 11.6 Å². The summed E-state index contributed by atoms with van der Waals surface area (Å²) in [6, 6.07) is 17.3.